The van der Waals surface area contributed by atoms with Gasteiger partial charge in [-0.3, -0.25) is 4.18 Å². The van der Waals surface area contributed by atoms with Crippen LogP contribution in [0, 0.1) is 5.82 Å². The Labute approximate surface area is 146 Å². The maximum absolute atomic E-state index is 14.3. The van der Waals surface area contributed by atoms with Crippen molar-refractivity contribution in [3.05, 3.63) is 35.6 Å². The molecule has 2 N–H and O–H groups in total. The Kier molecular flexibility index (Phi) is 5.40. The van der Waals surface area contributed by atoms with E-state index in [9.17, 15) is 21.2 Å². The molecule has 1 atom stereocenters. The van der Waals surface area contributed by atoms with Gasteiger partial charge in [-0.15, -0.1) is 0 Å². The molecule has 0 aliphatic carbocycles. The van der Waals surface area contributed by atoms with Crippen LogP contribution in [0.4, 0.5) is 4.39 Å². The normalized spacial score (nSPS) is 23.3. The monoisotopic (exact) mass is 393 g/mol. The Morgan fingerprint density at radius 2 is 2.04 bits per heavy atom. The van der Waals surface area contributed by atoms with Gasteiger partial charge in [0, 0.05) is 12.6 Å². The average Bonchev–Trinajstić information content (AvgIpc) is 2.48. The van der Waals surface area contributed by atoms with Crippen LogP contribution < -0.4 is 5.73 Å². The fourth-order valence-electron chi connectivity index (χ4n) is 2.68. The lowest BCUT2D eigenvalue weighted by molar-refractivity contribution is 0.287. The molecule has 11 heteroatoms. The molecule has 0 spiro atoms. The van der Waals surface area contributed by atoms with Gasteiger partial charge in [-0.25, -0.2) is 22.1 Å². The van der Waals surface area contributed by atoms with E-state index in [0.29, 0.717) is 0 Å². The molecule has 0 amide bonds. The molecular weight excluding hydrogens is 373 g/mol. The highest BCUT2D eigenvalue weighted by Crippen LogP contribution is 2.37. The highest BCUT2D eigenvalue weighted by atomic mass is 32.2. The molecule has 0 radical (unpaired) electrons. The summed E-state index contributed by atoms with van der Waals surface area (Å²) in [6, 6.07) is 5.71. The summed E-state index contributed by atoms with van der Waals surface area (Å²) in [5.41, 5.74) is 4.39. The van der Waals surface area contributed by atoms with E-state index in [0.717, 1.165) is 10.6 Å². The molecule has 0 saturated carbocycles. The molecule has 1 aromatic rings. The van der Waals surface area contributed by atoms with Crippen LogP contribution in [-0.2, 0) is 29.9 Å². The van der Waals surface area contributed by atoms with Crippen molar-refractivity contribution in [3.8, 4) is 0 Å². The number of nitrogens with zero attached hydrogens (tertiary/aromatic N) is 2. The summed E-state index contributed by atoms with van der Waals surface area (Å²) >= 11 is 0. The second kappa shape index (κ2) is 6.89. The van der Waals surface area contributed by atoms with Gasteiger partial charge in [0.25, 0.3) is 10.1 Å². The lowest BCUT2D eigenvalue weighted by atomic mass is 9.87. The first-order chi connectivity index (χ1) is 11.5. The molecule has 1 heterocycles. The van der Waals surface area contributed by atoms with Crippen LogP contribution in [0.1, 0.15) is 18.4 Å². The summed E-state index contributed by atoms with van der Waals surface area (Å²) in [5, 5.41) is 0. The summed E-state index contributed by atoms with van der Waals surface area (Å²) in [4.78, 5) is 4.25. The van der Waals surface area contributed by atoms with Gasteiger partial charge in [0.2, 0.25) is 16.0 Å². The van der Waals surface area contributed by atoms with Gasteiger partial charge in [-0.05, 0) is 18.9 Å². The first-order valence-electron chi connectivity index (χ1n) is 7.38. The number of rotatable bonds is 6. The number of nitrogens with two attached hydrogens (primary N) is 1. The minimum absolute atomic E-state index is 0.0528. The Morgan fingerprint density at radius 3 is 2.60 bits per heavy atom. The quantitative estimate of drug-likeness (QED) is 0.551. The van der Waals surface area contributed by atoms with E-state index < -0.39 is 37.3 Å². The predicted octanol–water partition coefficient (Wildman–Crippen LogP) is 0.367. The van der Waals surface area contributed by atoms with Crippen molar-refractivity contribution in [1.82, 2.24) is 4.31 Å². The number of benzene rings is 1. The third-order valence-corrected chi connectivity index (χ3v) is 6.36. The fourth-order valence-corrected chi connectivity index (χ4v) is 4.59. The Balaban J connectivity index is 2.42. The molecule has 0 saturated heterocycles. The lowest BCUT2D eigenvalue weighted by Crippen LogP contribution is -2.51. The minimum Gasteiger partial charge on any atom is -0.369 e. The van der Waals surface area contributed by atoms with E-state index >= 15 is 0 Å². The van der Waals surface area contributed by atoms with Gasteiger partial charge in [-0.2, -0.15) is 8.42 Å². The van der Waals surface area contributed by atoms with E-state index in [1.807, 2.05) is 0 Å². The Hall–Kier alpha value is -1.72. The molecule has 0 fully saturated rings. The molecule has 2 rings (SSSR count). The molecule has 1 unspecified atom stereocenters. The summed E-state index contributed by atoms with van der Waals surface area (Å²) in [5.74, 6) is -1.34. The van der Waals surface area contributed by atoms with Crippen LogP contribution in [0.3, 0.4) is 0 Å². The van der Waals surface area contributed by atoms with Crippen molar-refractivity contribution in [1.29, 1.82) is 0 Å². The van der Waals surface area contributed by atoms with Crippen molar-refractivity contribution in [2.75, 3.05) is 25.7 Å². The first-order valence-corrected chi connectivity index (χ1v) is 10.8. The first kappa shape index (κ1) is 19.6. The zero-order chi connectivity index (χ0) is 18.9. The van der Waals surface area contributed by atoms with E-state index in [4.69, 9.17) is 5.73 Å². The molecule has 25 heavy (non-hydrogen) atoms. The average molecular weight is 393 g/mol. The molecule has 0 bridgehead atoms. The molecular formula is C14H20FN3O5S2. The Morgan fingerprint density at radius 1 is 1.40 bits per heavy atom. The smallest absolute Gasteiger partial charge is 0.264 e. The summed E-state index contributed by atoms with van der Waals surface area (Å²) in [6.45, 7) is -0.166. The van der Waals surface area contributed by atoms with Crippen LogP contribution in [0.15, 0.2) is 29.3 Å². The number of hydrogen-bond donors (Lipinski definition) is 1. The number of guanidine groups is 1. The van der Waals surface area contributed by atoms with Crippen LogP contribution >= 0.6 is 0 Å². The standard InChI is InChI=1S/C14H20FN3O5S2/c1-18-13(16)17-14(10-25(18,21)22,8-5-9-23-24(2,19)20)11-6-3-4-7-12(11)15/h3-4,6-7H,5,8-10H2,1-2H3,(H2,16,17). The second-order valence-electron chi connectivity index (χ2n) is 5.83. The zero-order valence-corrected chi connectivity index (χ0v) is 15.5. The van der Waals surface area contributed by atoms with Gasteiger partial charge in [0.1, 0.15) is 11.4 Å². The van der Waals surface area contributed by atoms with Crippen molar-refractivity contribution in [2.24, 2.45) is 10.7 Å². The fraction of sp³-hybridized carbons (Fsp3) is 0.500. The topological polar surface area (TPSA) is 119 Å². The van der Waals surface area contributed by atoms with Gasteiger partial charge in [0.15, 0.2) is 0 Å². The second-order valence-corrected chi connectivity index (χ2v) is 9.48. The van der Waals surface area contributed by atoms with Crippen molar-refractivity contribution in [2.45, 2.75) is 18.4 Å². The van der Waals surface area contributed by atoms with E-state index in [1.165, 1.54) is 25.2 Å². The molecule has 1 aromatic carbocycles. The lowest BCUT2D eigenvalue weighted by Gasteiger charge is -2.37. The van der Waals surface area contributed by atoms with Crippen LogP contribution in [0.25, 0.3) is 0 Å². The molecule has 8 nitrogen and oxygen atoms in total. The van der Waals surface area contributed by atoms with Crippen LogP contribution in [0.2, 0.25) is 0 Å². The van der Waals surface area contributed by atoms with Crippen LogP contribution in [0.5, 0.6) is 0 Å². The minimum atomic E-state index is -3.80. The van der Waals surface area contributed by atoms with Gasteiger partial charge in [-0.1, -0.05) is 18.2 Å². The third kappa shape index (κ3) is 4.47. The van der Waals surface area contributed by atoms with E-state index in [-0.39, 0.29) is 31.0 Å². The number of hydrogen-bond acceptors (Lipinski definition) is 7. The SMILES string of the molecule is CN1C(N)=NC(CCCOS(C)(=O)=O)(c2ccccc2F)CS1(=O)=O. The van der Waals surface area contributed by atoms with Crippen molar-refractivity contribution >= 4 is 26.1 Å². The molecule has 140 valence electrons. The highest BCUT2D eigenvalue weighted by molar-refractivity contribution is 7.89. The summed E-state index contributed by atoms with van der Waals surface area (Å²) in [6.07, 6.45) is 1.12. The van der Waals surface area contributed by atoms with E-state index in [2.05, 4.69) is 9.18 Å². The van der Waals surface area contributed by atoms with Crippen molar-refractivity contribution < 1.29 is 25.4 Å². The van der Waals surface area contributed by atoms with Gasteiger partial charge < -0.3 is 5.73 Å². The predicted molar refractivity (Wildman–Crippen MR) is 91.3 cm³/mol. The van der Waals surface area contributed by atoms with E-state index in [1.54, 1.807) is 6.07 Å². The third-order valence-electron chi connectivity index (χ3n) is 3.90. The number of sulfonamides is 1. The largest absolute Gasteiger partial charge is 0.369 e. The zero-order valence-electron chi connectivity index (χ0n) is 13.8. The summed E-state index contributed by atoms with van der Waals surface area (Å²) < 4.78 is 66.8. The maximum Gasteiger partial charge on any atom is 0.264 e. The molecule has 0 aromatic heterocycles. The van der Waals surface area contributed by atoms with Gasteiger partial charge in [0.05, 0.1) is 18.6 Å². The summed E-state index contributed by atoms with van der Waals surface area (Å²) in [7, 11) is -6.15. The Bertz CT molecular complexity index is 885. The van der Waals surface area contributed by atoms with Crippen molar-refractivity contribution in [3.63, 3.8) is 0 Å². The van der Waals surface area contributed by atoms with Gasteiger partial charge >= 0.3 is 0 Å². The number of halogens is 1. The number of aliphatic imine (C=N–C) groups is 1. The maximum atomic E-state index is 14.3. The van der Waals surface area contributed by atoms with Crippen LogP contribution in [-0.4, -0.2) is 52.8 Å². The highest BCUT2D eigenvalue weighted by Gasteiger charge is 2.44. The molecule has 1 aliphatic heterocycles. The molecule has 1 aliphatic rings.